The topological polar surface area (TPSA) is 119 Å². The first-order valence-corrected chi connectivity index (χ1v) is 12.7. The molecule has 5 rings (SSSR count). The first-order chi connectivity index (χ1) is 19.1. The van der Waals surface area contributed by atoms with E-state index in [-0.39, 0.29) is 17.9 Å². The van der Waals surface area contributed by atoms with Gasteiger partial charge in [0.2, 0.25) is 0 Å². The van der Waals surface area contributed by atoms with E-state index in [0.717, 1.165) is 15.8 Å². The summed E-state index contributed by atoms with van der Waals surface area (Å²) in [4.78, 5) is 31.2. The first kappa shape index (κ1) is 26.9. The number of nitrogens with one attached hydrogen (secondary N) is 2. The Morgan fingerprint density at radius 3 is 2.55 bits per heavy atom. The lowest BCUT2D eigenvalue weighted by Gasteiger charge is -2.17. The van der Waals surface area contributed by atoms with Crippen molar-refractivity contribution in [2.45, 2.75) is 25.7 Å². The molecular formula is C27H21F4N7OS. The van der Waals surface area contributed by atoms with E-state index in [1.54, 1.807) is 19.2 Å². The molecule has 0 fully saturated rings. The highest BCUT2D eigenvalue weighted by molar-refractivity contribution is 7.15. The molecule has 0 saturated heterocycles. The number of fused-ring (bicyclic) bond motifs is 1. The van der Waals surface area contributed by atoms with Crippen LogP contribution in [-0.4, -0.2) is 25.8 Å². The van der Waals surface area contributed by atoms with Gasteiger partial charge >= 0.3 is 6.18 Å². The monoisotopic (exact) mass is 567 g/mol. The van der Waals surface area contributed by atoms with Gasteiger partial charge in [-0.3, -0.25) is 9.78 Å². The van der Waals surface area contributed by atoms with Crippen LogP contribution < -0.4 is 16.4 Å². The van der Waals surface area contributed by atoms with Gasteiger partial charge in [0.1, 0.15) is 23.8 Å². The van der Waals surface area contributed by atoms with Crippen LogP contribution in [0.15, 0.2) is 67.3 Å². The number of hydrogen-bond acceptors (Lipinski definition) is 8. The van der Waals surface area contributed by atoms with Crippen LogP contribution in [0.3, 0.4) is 0 Å². The first-order valence-electron chi connectivity index (χ1n) is 11.9. The zero-order valence-electron chi connectivity index (χ0n) is 20.8. The van der Waals surface area contributed by atoms with Gasteiger partial charge < -0.3 is 16.4 Å². The molecule has 4 heterocycles. The maximum absolute atomic E-state index is 13.4. The summed E-state index contributed by atoms with van der Waals surface area (Å²) < 4.78 is 53.5. The van der Waals surface area contributed by atoms with E-state index < -0.39 is 29.5 Å². The minimum Gasteiger partial charge on any atom is -0.383 e. The summed E-state index contributed by atoms with van der Waals surface area (Å²) in [7, 11) is 0. The van der Waals surface area contributed by atoms with Crippen LogP contribution >= 0.6 is 11.3 Å². The van der Waals surface area contributed by atoms with Crippen LogP contribution in [0.5, 0.6) is 0 Å². The normalized spacial score (nSPS) is 12.3. The van der Waals surface area contributed by atoms with Gasteiger partial charge in [0, 0.05) is 16.5 Å². The van der Waals surface area contributed by atoms with Crippen molar-refractivity contribution in [1.29, 1.82) is 0 Å². The third kappa shape index (κ3) is 5.83. The number of pyridine rings is 2. The number of aromatic nitrogens is 4. The number of carbonyl (C=O) groups excluding carboxylic acids is 1. The van der Waals surface area contributed by atoms with Gasteiger partial charge in [0.25, 0.3) is 5.91 Å². The van der Waals surface area contributed by atoms with Crippen molar-refractivity contribution in [3.05, 3.63) is 94.6 Å². The summed E-state index contributed by atoms with van der Waals surface area (Å²) in [6.45, 7) is 1.84. The number of hydrogen-bond donors (Lipinski definition) is 3. The van der Waals surface area contributed by atoms with Crippen LogP contribution in [0.4, 0.5) is 29.2 Å². The molecule has 5 aromatic rings. The van der Waals surface area contributed by atoms with E-state index >= 15 is 0 Å². The molecule has 0 radical (unpaired) electrons. The number of halogens is 4. The fourth-order valence-electron chi connectivity index (χ4n) is 3.94. The number of nitrogens with zero attached hydrogens (tertiary/aromatic N) is 4. The molecule has 0 aliphatic carbocycles. The molecular weight excluding hydrogens is 546 g/mol. The van der Waals surface area contributed by atoms with Gasteiger partial charge in [-0.05, 0) is 48.9 Å². The molecule has 8 nitrogen and oxygen atoms in total. The Bertz CT molecular complexity index is 1690. The molecule has 0 unspecified atom stereocenters. The minimum atomic E-state index is -4.69. The molecule has 0 spiro atoms. The lowest BCUT2D eigenvalue weighted by atomic mass is 10.1. The molecule has 4 aromatic heterocycles. The number of thiophene rings is 1. The number of amides is 1. The number of nitrogens with two attached hydrogens (primary N) is 1. The number of rotatable bonds is 7. The smallest absolute Gasteiger partial charge is 0.383 e. The highest BCUT2D eigenvalue weighted by Gasteiger charge is 2.33. The quantitative estimate of drug-likeness (QED) is 0.207. The largest absolute Gasteiger partial charge is 0.417 e. The number of alkyl halides is 3. The predicted molar refractivity (Wildman–Crippen MR) is 144 cm³/mol. The predicted octanol–water partition coefficient (Wildman–Crippen LogP) is 5.99. The number of anilines is 2. The molecule has 4 N–H and O–H groups in total. The summed E-state index contributed by atoms with van der Waals surface area (Å²) in [5.41, 5.74) is 6.49. The van der Waals surface area contributed by atoms with Gasteiger partial charge in [0.15, 0.2) is 0 Å². The van der Waals surface area contributed by atoms with E-state index in [2.05, 4.69) is 30.6 Å². The SMILES string of the molecule is C[C@H](NC(=O)c1cc(C(F)(F)F)cnc1NCc1ccc(-c2cc3c(N)ncnc3cn2)s1)c1ccc(F)cc1. The summed E-state index contributed by atoms with van der Waals surface area (Å²) in [5, 5.41) is 6.30. The van der Waals surface area contributed by atoms with Crippen molar-refractivity contribution in [1.82, 2.24) is 25.3 Å². The van der Waals surface area contributed by atoms with Crippen molar-refractivity contribution >= 4 is 39.8 Å². The molecule has 40 heavy (non-hydrogen) atoms. The second kappa shape index (κ2) is 10.8. The fraction of sp³-hybridized carbons (Fsp3) is 0.148. The Labute approximate surface area is 229 Å². The van der Waals surface area contributed by atoms with Gasteiger partial charge in [-0.1, -0.05) is 12.1 Å². The highest BCUT2D eigenvalue weighted by atomic mass is 32.1. The van der Waals surface area contributed by atoms with Gasteiger partial charge in [-0.2, -0.15) is 13.2 Å². The van der Waals surface area contributed by atoms with Gasteiger partial charge in [-0.25, -0.2) is 19.3 Å². The van der Waals surface area contributed by atoms with Crippen LogP contribution in [-0.2, 0) is 12.7 Å². The molecule has 1 amide bonds. The second-order valence-electron chi connectivity index (χ2n) is 8.83. The lowest BCUT2D eigenvalue weighted by Crippen LogP contribution is -2.28. The van der Waals surface area contributed by atoms with Gasteiger partial charge in [-0.15, -0.1) is 11.3 Å². The Kier molecular flexibility index (Phi) is 7.30. The van der Waals surface area contributed by atoms with E-state index in [4.69, 9.17) is 5.73 Å². The van der Waals surface area contributed by atoms with Crippen molar-refractivity contribution in [3.63, 3.8) is 0 Å². The molecule has 1 aromatic carbocycles. The third-order valence-electron chi connectivity index (χ3n) is 6.07. The lowest BCUT2D eigenvalue weighted by molar-refractivity contribution is -0.137. The Morgan fingerprint density at radius 2 is 1.80 bits per heavy atom. The highest BCUT2D eigenvalue weighted by Crippen LogP contribution is 2.32. The number of nitrogen functional groups attached to an aromatic ring is 1. The average Bonchev–Trinajstić information content (AvgIpc) is 3.41. The molecule has 1 atom stereocenters. The maximum Gasteiger partial charge on any atom is 0.417 e. The van der Waals surface area contributed by atoms with E-state index in [9.17, 15) is 22.4 Å². The Hall–Kier alpha value is -4.65. The standard InChI is InChI=1S/C27H21F4N7OS/c1-14(15-2-4-17(28)5-3-15)38-26(39)20-8-16(27(29,30)31)10-34-25(20)35-11-18-6-7-23(40-18)21-9-19-22(12-33-21)36-13-37-24(19)32/h2-10,12-14H,11H2,1H3,(H,34,35)(H,38,39)(H2,32,36,37)/t14-/m0/s1. The van der Waals surface area contributed by atoms with Crippen LogP contribution in [0, 0.1) is 5.82 Å². The second-order valence-corrected chi connectivity index (χ2v) is 10.00. The zero-order chi connectivity index (χ0) is 28.4. The molecule has 204 valence electrons. The van der Waals surface area contributed by atoms with Crippen molar-refractivity contribution in [3.8, 4) is 10.6 Å². The summed E-state index contributed by atoms with van der Waals surface area (Å²) in [6, 6.07) is 11.1. The van der Waals surface area contributed by atoms with E-state index in [1.165, 1.54) is 41.9 Å². The molecule has 0 bridgehead atoms. The van der Waals surface area contributed by atoms with Crippen molar-refractivity contribution in [2.24, 2.45) is 0 Å². The molecule has 0 aliphatic rings. The van der Waals surface area contributed by atoms with Crippen molar-refractivity contribution < 1.29 is 22.4 Å². The zero-order valence-corrected chi connectivity index (χ0v) is 21.6. The average molecular weight is 568 g/mol. The van der Waals surface area contributed by atoms with Crippen LogP contribution in [0.2, 0.25) is 0 Å². The molecule has 0 saturated carbocycles. The summed E-state index contributed by atoms with van der Waals surface area (Å²) >= 11 is 1.40. The van der Waals surface area contributed by atoms with E-state index in [1.807, 2.05) is 12.1 Å². The van der Waals surface area contributed by atoms with Crippen LogP contribution in [0.25, 0.3) is 21.5 Å². The van der Waals surface area contributed by atoms with Gasteiger partial charge in [0.05, 0.1) is 46.0 Å². The summed E-state index contributed by atoms with van der Waals surface area (Å²) in [5.74, 6) is -0.882. The molecule has 13 heteroatoms. The molecule has 0 aliphatic heterocycles. The van der Waals surface area contributed by atoms with E-state index in [0.29, 0.717) is 34.2 Å². The Morgan fingerprint density at radius 1 is 1.02 bits per heavy atom. The Balaban J connectivity index is 1.36. The van der Waals surface area contributed by atoms with Crippen LogP contribution in [0.1, 0.15) is 39.3 Å². The minimum absolute atomic E-state index is 0.0134. The number of carbonyl (C=O) groups is 1. The fourth-order valence-corrected chi connectivity index (χ4v) is 4.85. The number of benzene rings is 1. The maximum atomic E-state index is 13.4. The third-order valence-corrected chi connectivity index (χ3v) is 7.18. The van der Waals surface area contributed by atoms with Crippen molar-refractivity contribution in [2.75, 3.05) is 11.1 Å². The summed E-state index contributed by atoms with van der Waals surface area (Å²) in [6.07, 6.45) is -1.05.